The summed E-state index contributed by atoms with van der Waals surface area (Å²) in [4.78, 5) is 20.1. The number of ether oxygens (including phenoxy) is 2. The van der Waals surface area contributed by atoms with Crippen LogP contribution in [-0.2, 0) is 9.47 Å². The Balaban J connectivity index is 1.43. The Bertz CT molecular complexity index is 1190. The van der Waals surface area contributed by atoms with E-state index in [-0.39, 0.29) is 5.97 Å². The van der Waals surface area contributed by atoms with Gasteiger partial charge in [-0.1, -0.05) is 24.6 Å². The second-order valence-corrected chi connectivity index (χ2v) is 10.2. The molecule has 7 nitrogen and oxygen atoms in total. The van der Waals surface area contributed by atoms with E-state index >= 15 is 0 Å². The average molecular weight is 475 g/mol. The molecule has 7 heteroatoms. The average Bonchev–Trinajstić information content (AvgIpc) is 3.27. The summed E-state index contributed by atoms with van der Waals surface area (Å²) in [6.07, 6.45) is 8.16. The van der Waals surface area contributed by atoms with Gasteiger partial charge in [0.25, 0.3) is 0 Å². The number of carbonyl (C=O) groups is 1. The molecular weight excluding hydrogens is 440 g/mol. The molecule has 35 heavy (non-hydrogen) atoms. The second-order valence-electron chi connectivity index (χ2n) is 10.2. The zero-order valence-corrected chi connectivity index (χ0v) is 20.5. The van der Waals surface area contributed by atoms with Gasteiger partial charge in [-0.05, 0) is 68.2 Å². The summed E-state index contributed by atoms with van der Waals surface area (Å²) in [7, 11) is 1.43. The molecule has 1 aliphatic heterocycles. The Morgan fingerprint density at radius 1 is 1.00 bits per heavy atom. The fourth-order valence-electron chi connectivity index (χ4n) is 6.11. The van der Waals surface area contributed by atoms with E-state index in [9.17, 15) is 4.79 Å². The first-order chi connectivity index (χ1) is 17.2. The number of benzene rings is 1. The number of carbonyl (C=O) groups excluding carboxylic acids is 1. The van der Waals surface area contributed by atoms with Crippen molar-refractivity contribution >= 4 is 17.0 Å². The smallest absolute Gasteiger partial charge is 0.356 e. The van der Waals surface area contributed by atoms with E-state index < -0.39 is 0 Å². The zero-order chi connectivity index (χ0) is 23.8. The van der Waals surface area contributed by atoms with Gasteiger partial charge in [-0.3, -0.25) is 4.90 Å². The van der Waals surface area contributed by atoms with Gasteiger partial charge in [-0.25, -0.2) is 14.5 Å². The second kappa shape index (κ2) is 9.70. The van der Waals surface area contributed by atoms with Gasteiger partial charge in [0.1, 0.15) is 0 Å². The number of fused-ring (bicyclic) bond motifs is 1. The van der Waals surface area contributed by atoms with E-state index in [1.165, 1.54) is 50.2 Å². The van der Waals surface area contributed by atoms with Gasteiger partial charge in [0.15, 0.2) is 11.3 Å². The number of morpholine rings is 1. The molecule has 1 saturated heterocycles. The third-order valence-electron chi connectivity index (χ3n) is 8.28. The number of hydrogen-bond donors (Lipinski definition) is 0. The molecule has 2 aromatic heterocycles. The van der Waals surface area contributed by atoms with E-state index in [4.69, 9.17) is 19.6 Å². The van der Waals surface area contributed by atoms with Crippen LogP contribution in [0.2, 0.25) is 0 Å². The largest absolute Gasteiger partial charge is 0.464 e. The summed E-state index contributed by atoms with van der Waals surface area (Å²) < 4.78 is 12.6. The van der Waals surface area contributed by atoms with Crippen molar-refractivity contribution in [1.29, 1.82) is 0 Å². The molecule has 1 aromatic carbocycles. The summed E-state index contributed by atoms with van der Waals surface area (Å²) in [6.45, 7) is 3.77. The maximum atomic E-state index is 12.7. The van der Waals surface area contributed by atoms with Gasteiger partial charge in [0.2, 0.25) is 0 Å². The van der Waals surface area contributed by atoms with Crippen LogP contribution in [-0.4, -0.2) is 65.1 Å². The number of para-hydroxylation sites is 1. The third-order valence-corrected chi connectivity index (χ3v) is 8.28. The van der Waals surface area contributed by atoms with Gasteiger partial charge in [-0.15, -0.1) is 0 Å². The summed E-state index contributed by atoms with van der Waals surface area (Å²) in [5, 5.41) is 6.30. The summed E-state index contributed by atoms with van der Waals surface area (Å²) >= 11 is 0. The first kappa shape index (κ1) is 22.7. The van der Waals surface area contributed by atoms with E-state index in [1.807, 2.05) is 28.9 Å². The van der Waals surface area contributed by atoms with Crippen molar-refractivity contribution < 1.29 is 14.3 Å². The number of esters is 1. The number of rotatable bonds is 5. The number of aromatic nitrogens is 3. The van der Waals surface area contributed by atoms with Crippen LogP contribution in [0.5, 0.6) is 0 Å². The fraction of sp³-hybridized carbons (Fsp3) is 0.536. The van der Waals surface area contributed by atoms with Crippen LogP contribution in [0, 0.1) is 0 Å². The molecular formula is C28H34N4O3. The highest BCUT2D eigenvalue weighted by molar-refractivity contribution is 5.93. The minimum Gasteiger partial charge on any atom is -0.464 e. The number of pyridine rings is 1. The molecule has 0 spiro atoms. The fourth-order valence-corrected chi connectivity index (χ4v) is 6.11. The number of methoxy groups -OCH3 is 1. The molecule has 3 aromatic rings. The van der Waals surface area contributed by atoms with Gasteiger partial charge in [0, 0.05) is 30.4 Å². The molecule has 0 bridgehead atoms. The van der Waals surface area contributed by atoms with Crippen molar-refractivity contribution in [2.75, 3.05) is 33.4 Å². The van der Waals surface area contributed by atoms with Crippen molar-refractivity contribution in [2.24, 2.45) is 0 Å². The van der Waals surface area contributed by atoms with Crippen molar-refractivity contribution in [2.45, 2.75) is 62.8 Å². The van der Waals surface area contributed by atoms with Crippen LogP contribution < -0.4 is 0 Å². The van der Waals surface area contributed by atoms with Crippen LogP contribution in [0.3, 0.4) is 0 Å². The van der Waals surface area contributed by atoms with Gasteiger partial charge >= 0.3 is 5.97 Å². The molecule has 184 valence electrons. The van der Waals surface area contributed by atoms with Crippen LogP contribution in [0.4, 0.5) is 0 Å². The lowest BCUT2D eigenvalue weighted by molar-refractivity contribution is 0.00732. The molecule has 2 aliphatic carbocycles. The SMILES string of the molecule is COC(=O)c1cc(C2CCC(N3CCOCC3)CC2)c2c(C3CCC3)nn(-c3ccccc3)c2n1. The first-order valence-corrected chi connectivity index (χ1v) is 13.1. The molecule has 0 N–H and O–H groups in total. The highest BCUT2D eigenvalue weighted by Gasteiger charge is 2.33. The van der Waals surface area contributed by atoms with E-state index in [2.05, 4.69) is 17.0 Å². The first-order valence-electron chi connectivity index (χ1n) is 13.1. The Kier molecular flexibility index (Phi) is 6.29. The summed E-state index contributed by atoms with van der Waals surface area (Å²) in [5.41, 5.74) is 4.53. The highest BCUT2D eigenvalue weighted by atomic mass is 16.5. The molecule has 0 atom stereocenters. The topological polar surface area (TPSA) is 69.5 Å². The standard InChI is InChI=1S/C28H34N4O3/c1-34-28(33)24-18-23(19-10-12-21(13-11-19)31-14-16-35-17-15-31)25-26(20-6-5-7-20)30-32(27(25)29-24)22-8-3-2-4-9-22/h2-4,8-9,18-21H,5-7,10-17H2,1H3. The number of hydrogen-bond acceptors (Lipinski definition) is 6. The maximum absolute atomic E-state index is 12.7. The molecule has 3 fully saturated rings. The maximum Gasteiger partial charge on any atom is 0.356 e. The van der Waals surface area contributed by atoms with Crippen molar-refractivity contribution in [3.8, 4) is 5.69 Å². The Morgan fingerprint density at radius 2 is 1.74 bits per heavy atom. The Labute approximate surface area is 206 Å². The van der Waals surface area contributed by atoms with Crippen LogP contribution in [0.1, 0.15) is 78.5 Å². The molecule has 3 heterocycles. The predicted octanol–water partition coefficient (Wildman–Crippen LogP) is 4.83. The molecule has 2 saturated carbocycles. The van der Waals surface area contributed by atoms with Gasteiger partial charge in [0.05, 0.1) is 31.7 Å². The monoisotopic (exact) mass is 474 g/mol. The minimum atomic E-state index is -0.388. The van der Waals surface area contributed by atoms with Gasteiger partial charge in [-0.2, -0.15) is 5.10 Å². The Morgan fingerprint density at radius 3 is 2.40 bits per heavy atom. The van der Waals surface area contributed by atoms with Crippen LogP contribution >= 0.6 is 0 Å². The van der Waals surface area contributed by atoms with Crippen molar-refractivity contribution in [3.63, 3.8) is 0 Å². The zero-order valence-electron chi connectivity index (χ0n) is 20.5. The van der Waals surface area contributed by atoms with Crippen LogP contribution in [0.25, 0.3) is 16.7 Å². The highest BCUT2D eigenvalue weighted by Crippen LogP contribution is 2.44. The third kappa shape index (κ3) is 4.25. The minimum absolute atomic E-state index is 0.377. The lowest BCUT2D eigenvalue weighted by atomic mass is 9.77. The molecule has 3 aliphatic rings. The van der Waals surface area contributed by atoms with Crippen molar-refractivity contribution in [1.82, 2.24) is 19.7 Å². The summed E-state index contributed by atoms with van der Waals surface area (Å²) in [5.74, 6) is 0.478. The predicted molar refractivity (Wildman–Crippen MR) is 134 cm³/mol. The Hall–Kier alpha value is -2.77. The quantitative estimate of drug-likeness (QED) is 0.493. The lowest BCUT2D eigenvalue weighted by Gasteiger charge is -2.39. The summed E-state index contributed by atoms with van der Waals surface area (Å²) in [6, 6.07) is 12.8. The van der Waals surface area contributed by atoms with Crippen LogP contribution in [0.15, 0.2) is 36.4 Å². The van der Waals surface area contributed by atoms with Gasteiger partial charge < -0.3 is 9.47 Å². The molecule has 6 rings (SSSR count). The molecule has 0 unspecified atom stereocenters. The normalized spacial score (nSPS) is 23.8. The number of nitrogens with zero attached hydrogens (tertiary/aromatic N) is 4. The van der Waals surface area contributed by atoms with E-state index in [0.29, 0.717) is 23.6 Å². The molecule has 0 amide bonds. The lowest BCUT2D eigenvalue weighted by Crippen LogP contribution is -2.44. The van der Waals surface area contributed by atoms with E-state index in [0.717, 1.165) is 56.2 Å². The van der Waals surface area contributed by atoms with Crippen molar-refractivity contribution in [3.05, 3.63) is 53.3 Å². The van der Waals surface area contributed by atoms with E-state index in [1.54, 1.807) is 0 Å². The molecule has 0 radical (unpaired) electrons.